The van der Waals surface area contributed by atoms with Gasteiger partial charge in [0.2, 0.25) is 11.5 Å². The minimum Gasteiger partial charge on any atom is -0.497 e. The van der Waals surface area contributed by atoms with E-state index in [0.717, 1.165) is 0 Å². The van der Waals surface area contributed by atoms with Crippen molar-refractivity contribution in [3.63, 3.8) is 0 Å². The van der Waals surface area contributed by atoms with Gasteiger partial charge >= 0.3 is 5.82 Å². The predicted molar refractivity (Wildman–Crippen MR) is 83.0 cm³/mol. The van der Waals surface area contributed by atoms with Gasteiger partial charge < -0.3 is 19.6 Å². The summed E-state index contributed by atoms with van der Waals surface area (Å²) in [5, 5.41) is 11.0. The highest BCUT2D eigenvalue weighted by Crippen LogP contribution is 2.26. The van der Waals surface area contributed by atoms with Gasteiger partial charge in [0.1, 0.15) is 11.4 Å². The van der Waals surface area contributed by atoms with Crippen LogP contribution in [-0.4, -0.2) is 28.9 Å². The van der Waals surface area contributed by atoms with E-state index in [4.69, 9.17) is 9.47 Å². The quantitative estimate of drug-likeness (QED) is 0.462. The molecule has 0 spiro atoms. The SMILES string of the molecule is COc1ccc(C(=O)C(C)Oc2ccc(C)nc2[N+](=O)[O-])cc1. The van der Waals surface area contributed by atoms with E-state index in [-0.39, 0.29) is 11.5 Å². The van der Waals surface area contributed by atoms with Gasteiger partial charge in [0.15, 0.2) is 6.10 Å². The third kappa shape index (κ3) is 3.82. The second-order valence-electron chi connectivity index (χ2n) is 4.88. The Balaban J connectivity index is 2.19. The summed E-state index contributed by atoms with van der Waals surface area (Å²) < 4.78 is 10.5. The minimum absolute atomic E-state index is 0.0324. The second-order valence-corrected chi connectivity index (χ2v) is 4.88. The normalized spacial score (nSPS) is 11.6. The van der Waals surface area contributed by atoms with Gasteiger partial charge in [0.25, 0.3) is 0 Å². The van der Waals surface area contributed by atoms with Gasteiger partial charge in [0, 0.05) is 12.5 Å². The van der Waals surface area contributed by atoms with Gasteiger partial charge in [-0.05, 0) is 53.2 Å². The molecule has 0 bridgehead atoms. The molecule has 0 N–H and O–H groups in total. The first-order valence-electron chi connectivity index (χ1n) is 6.89. The molecule has 23 heavy (non-hydrogen) atoms. The molecule has 7 nitrogen and oxygen atoms in total. The number of methoxy groups -OCH3 is 1. The van der Waals surface area contributed by atoms with Gasteiger partial charge in [-0.25, -0.2) is 0 Å². The van der Waals surface area contributed by atoms with Gasteiger partial charge in [-0.15, -0.1) is 0 Å². The number of carbonyl (C=O) groups is 1. The number of pyridine rings is 1. The summed E-state index contributed by atoms with van der Waals surface area (Å²) in [6.07, 6.45) is -0.883. The number of nitro groups is 1. The molecule has 2 aromatic rings. The average molecular weight is 316 g/mol. The molecule has 1 aromatic heterocycles. The highest BCUT2D eigenvalue weighted by Gasteiger charge is 2.23. The lowest BCUT2D eigenvalue weighted by Gasteiger charge is -2.13. The monoisotopic (exact) mass is 316 g/mol. The zero-order valence-corrected chi connectivity index (χ0v) is 13.0. The van der Waals surface area contributed by atoms with E-state index in [1.165, 1.54) is 20.1 Å². The Morgan fingerprint density at radius 2 is 1.87 bits per heavy atom. The van der Waals surface area contributed by atoms with Crippen LogP contribution in [0.15, 0.2) is 36.4 Å². The molecule has 0 aliphatic carbocycles. The van der Waals surface area contributed by atoms with Crippen molar-refractivity contribution in [2.45, 2.75) is 20.0 Å². The lowest BCUT2D eigenvalue weighted by atomic mass is 10.1. The van der Waals surface area contributed by atoms with Crippen molar-refractivity contribution in [1.29, 1.82) is 0 Å². The van der Waals surface area contributed by atoms with Crippen LogP contribution in [0.1, 0.15) is 23.0 Å². The van der Waals surface area contributed by atoms with Crippen molar-refractivity contribution in [3.8, 4) is 11.5 Å². The number of nitrogens with zero attached hydrogens (tertiary/aromatic N) is 2. The standard InChI is InChI=1S/C16H16N2O5/c1-10-4-9-14(16(17-10)18(20)21)23-11(2)15(19)12-5-7-13(22-3)8-6-12/h4-9,11H,1-3H3. The first-order chi connectivity index (χ1) is 10.9. The molecule has 0 amide bonds. The fourth-order valence-corrected chi connectivity index (χ4v) is 1.99. The number of ether oxygens (including phenoxy) is 2. The molecule has 1 aromatic carbocycles. The van der Waals surface area contributed by atoms with Gasteiger partial charge in [0.05, 0.1) is 7.11 Å². The maximum atomic E-state index is 12.3. The van der Waals surface area contributed by atoms with Crippen LogP contribution in [0.3, 0.4) is 0 Å². The Labute approximate surface area is 133 Å². The Kier molecular flexibility index (Phi) is 4.90. The van der Waals surface area contributed by atoms with Crippen molar-refractivity contribution < 1.29 is 19.2 Å². The number of aryl methyl sites for hydroxylation is 1. The van der Waals surface area contributed by atoms with Crippen LogP contribution in [0.5, 0.6) is 11.5 Å². The van der Waals surface area contributed by atoms with E-state index in [2.05, 4.69) is 4.98 Å². The van der Waals surface area contributed by atoms with Crippen LogP contribution in [0.2, 0.25) is 0 Å². The number of hydrogen-bond donors (Lipinski definition) is 0. The van der Waals surface area contributed by atoms with Gasteiger partial charge in [-0.1, -0.05) is 0 Å². The fraction of sp³-hybridized carbons (Fsp3) is 0.250. The molecule has 1 heterocycles. The summed E-state index contributed by atoms with van der Waals surface area (Å²) in [4.78, 5) is 26.6. The molecular formula is C16H16N2O5. The van der Waals surface area contributed by atoms with E-state index in [1.807, 2.05) is 0 Å². The van der Waals surface area contributed by atoms with Crippen LogP contribution >= 0.6 is 0 Å². The van der Waals surface area contributed by atoms with Crippen LogP contribution in [-0.2, 0) is 0 Å². The molecule has 120 valence electrons. The topological polar surface area (TPSA) is 91.6 Å². The molecule has 7 heteroatoms. The zero-order valence-electron chi connectivity index (χ0n) is 13.0. The summed E-state index contributed by atoms with van der Waals surface area (Å²) in [7, 11) is 1.53. The molecule has 1 atom stereocenters. The summed E-state index contributed by atoms with van der Waals surface area (Å²) in [5.74, 6) is -0.0923. The number of rotatable bonds is 6. The zero-order chi connectivity index (χ0) is 17.0. The largest absolute Gasteiger partial charge is 0.497 e. The molecule has 0 radical (unpaired) electrons. The van der Waals surface area contributed by atoms with Crippen molar-refractivity contribution in [1.82, 2.24) is 4.98 Å². The Morgan fingerprint density at radius 3 is 2.43 bits per heavy atom. The Morgan fingerprint density at radius 1 is 1.22 bits per heavy atom. The van der Waals surface area contributed by atoms with Crippen molar-refractivity contribution in [2.24, 2.45) is 0 Å². The molecule has 0 fully saturated rings. The molecule has 0 saturated carbocycles. The third-order valence-electron chi connectivity index (χ3n) is 3.20. The predicted octanol–water partition coefficient (Wildman–Crippen LogP) is 2.96. The van der Waals surface area contributed by atoms with Crippen molar-refractivity contribution in [3.05, 3.63) is 57.8 Å². The number of aromatic nitrogens is 1. The Bertz CT molecular complexity index is 728. The lowest BCUT2D eigenvalue weighted by molar-refractivity contribution is -0.390. The maximum absolute atomic E-state index is 12.3. The number of carbonyl (C=O) groups excluding carboxylic acids is 1. The van der Waals surface area contributed by atoms with Crippen LogP contribution in [0.25, 0.3) is 0 Å². The number of hydrogen-bond acceptors (Lipinski definition) is 6. The molecule has 2 rings (SSSR count). The summed E-state index contributed by atoms with van der Waals surface area (Å²) in [6, 6.07) is 9.59. The first-order valence-corrected chi connectivity index (χ1v) is 6.89. The van der Waals surface area contributed by atoms with Crippen LogP contribution in [0, 0.1) is 17.0 Å². The van der Waals surface area contributed by atoms with E-state index in [9.17, 15) is 14.9 Å². The van der Waals surface area contributed by atoms with E-state index >= 15 is 0 Å². The number of benzene rings is 1. The maximum Gasteiger partial charge on any atom is 0.406 e. The molecule has 0 saturated heterocycles. The summed E-state index contributed by atoms with van der Waals surface area (Å²) in [6.45, 7) is 3.18. The molecule has 0 aliphatic rings. The Hall–Kier alpha value is -2.96. The minimum atomic E-state index is -0.883. The lowest BCUT2D eigenvalue weighted by Crippen LogP contribution is -2.24. The smallest absolute Gasteiger partial charge is 0.406 e. The third-order valence-corrected chi connectivity index (χ3v) is 3.20. The first kappa shape index (κ1) is 16.4. The van der Waals surface area contributed by atoms with Crippen molar-refractivity contribution >= 4 is 11.6 Å². The van der Waals surface area contributed by atoms with Crippen molar-refractivity contribution in [2.75, 3.05) is 7.11 Å². The van der Waals surface area contributed by atoms with E-state index in [0.29, 0.717) is 17.0 Å². The van der Waals surface area contributed by atoms with E-state index < -0.39 is 16.8 Å². The van der Waals surface area contributed by atoms with E-state index in [1.54, 1.807) is 37.3 Å². The van der Waals surface area contributed by atoms with Crippen LogP contribution < -0.4 is 9.47 Å². The summed E-state index contributed by atoms with van der Waals surface area (Å²) in [5.41, 5.74) is 0.930. The highest BCUT2D eigenvalue weighted by molar-refractivity contribution is 5.99. The summed E-state index contributed by atoms with van der Waals surface area (Å²) >= 11 is 0. The molecule has 1 unspecified atom stereocenters. The van der Waals surface area contributed by atoms with Gasteiger partial charge in [-0.2, -0.15) is 0 Å². The average Bonchev–Trinajstić information content (AvgIpc) is 2.55. The molecule has 0 aliphatic heterocycles. The van der Waals surface area contributed by atoms with Gasteiger partial charge in [-0.3, -0.25) is 4.79 Å². The number of ketones is 1. The second kappa shape index (κ2) is 6.87. The highest BCUT2D eigenvalue weighted by atomic mass is 16.6. The van der Waals surface area contributed by atoms with Crippen LogP contribution in [0.4, 0.5) is 5.82 Å². The number of Topliss-reactive ketones (excluding diaryl/α,β-unsaturated/α-hetero) is 1. The molecular weight excluding hydrogens is 300 g/mol. The fourth-order valence-electron chi connectivity index (χ4n) is 1.99.